The third kappa shape index (κ3) is 4.01. The van der Waals surface area contributed by atoms with Crippen LogP contribution in [0.4, 0.5) is 4.39 Å². The molecular formula is C14H23FN2O2S. The van der Waals surface area contributed by atoms with Gasteiger partial charge in [-0.15, -0.1) is 0 Å². The summed E-state index contributed by atoms with van der Waals surface area (Å²) in [6.45, 7) is 8.24. The fourth-order valence-electron chi connectivity index (χ4n) is 1.61. The van der Waals surface area contributed by atoms with Gasteiger partial charge in [0.2, 0.25) is 10.0 Å². The van der Waals surface area contributed by atoms with Gasteiger partial charge in [-0.3, -0.25) is 0 Å². The van der Waals surface area contributed by atoms with Crippen LogP contribution in [0.25, 0.3) is 0 Å². The van der Waals surface area contributed by atoms with Crippen LogP contribution in [0, 0.1) is 17.2 Å². The van der Waals surface area contributed by atoms with Crippen LogP contribution in [0.15, 0.2) is 23.1 Å². The lowest BCUT2D eigenvalue weighted by Gasteiger charge is -2.27. The van der Waals surface area contributed by atoms with E-state index in [2.05, 4.69) is 4.72 Å². The average molecular weight is 302 g/mol. The molecule has 1 atom stereocenters. The molecule has 0 spiro atoms. The Morgan fingerprint density at radius 2 is 1.95 bits per heavy atom. The summed E-state index contributed by atoms with van der Waals surface area (Å²) in [5.41, 5.74) is 5.45. The second-order valence-electron chi connectivity index (χ2n) is 6.04. The largest absolute Gasteiger partial charge is 0.326 e. The number of rotatable bonds is 5. The molecular weight excluding hydrogens is 279 g/mol. The van der Waals surface area contributed by atoms with E-state index in [4.69, 9.17) is 5.73 Å². The molecule has 0 saturated carbocycles. The summed E-state index contributed by atoms with van der Waals surface area (Å²) < 4.78 is 40.7. The highest BCUT2D eigenvalue weighted by Crippen LogP contribution is 2.25. The third-order valence-electron chi connectivity index (χ3n) is 3.63. The van der Waals surface area contributed by atoms with Gasteiger partial charge < -0.3 is 5.73 Å². The van der Waals surface area contributed by atoms with Crippen LogP contribution in [0.1, 0.15) is 33.3 Å². The first kappa shape index (κ1) is 17.1. The molecule has 1 rings (SSSR count). The quantitative estimate of drug-likeness (QED) is 0.876. The molecule has 0 aromatic heterocycles. The van der Waals surface area contributed by atoms with Crippen molar-refractivity contribution in [1.29, 1.82) is 0 Å². The van der Waals surface area contributed by atoms with E-state index in [-0.39, 0.29) is 28.3 Å². The lowest BCUT2D eigenvalue weighted by molar-refractivity contribution is 0.263. The number of benzene rings is 1. The molecule has 0 aliphatic rings. The van der Waals surface area contributed by atoms with E-state index in [1.165, 1.54) is 18.2 Å². The summed E-state index contributed by atoms with van der Waals surface area (Å²) in [7, 11) is -3.75. The summed E-state index contributed by atoms with van der Waals surface area (Å²) in [6, 6.07) is 3.95. The summed E-state index contributed by atoms with van der Waals surface area (Å²) in [6.07, 6.45) is 0. The molecule has 1 unspecified atom stereocenters. The summed E-state index contributed by atoms with van der Waals surface area (Å²) >= 11 is 0. The van der Waals surface area contributed by atoms with Gasteiger partial charge in [0.05, 0.1) is 4.90 Å². The van der Waals surface area contributed by atoms with Gasteiger partial charge in [-0.25, -0.2) is 17.5 Å². The molecule has 3 N–H and O–H groups in total. The molecule has 0 fully saturated rings. The molecule has 0 aliphatic carbocycles. The molecule has 1 aromatic carbocycles. The first-order valence-electron chi connectivity index (χ1n) is 6.56. The fourth-order valence-corrected chi connectivity index (χ4v) is 3.00. The number of hydrogen-bond donors (Lipinski definition) is 2. The zero-order chi connectivity index (χ0) is 15.6. The van der Waals surface area contributed by atoms with Crippen molar-refractivity contribution in [3.63, 3.8) is 0 Å². The van der Waals surface area contributed by atoms with Crippen molar-refractivity contribution in [1.82, 2.24) is 4.72 Å². The minimum absolute atomic E-state index is 0.0127. The fraction of sp³-hybridized carbons (Fsp3) is 0.571. The molecule has 0 radical (unpaired) electrons. The van der Waals surface area contributed by atoms with Crippen LogP contribution in [0.5, 0.6) is 0 Å². The maximum Gasteiger partial charge on any atom is 0.241 e. The van der Waals surface area contributed by atoms with E-state index >= 15 is 0 Å². The van der Waals surface area contributed by atoms with Gasteiger partial charge in [0.1, 0.15) is 5.82 Å². The highest BCUT2D eigenvalue weighted by atomic mass is 32.2. The van der Waals surface area contributed by atoms with E-state index in [9.17, 15) is 12.8 Å². The molecule has 0 aliphatic heterocycles. The molecule has 0 heterocycles. The summed E-state index contributed by atoms with van der Waals surface area (Å²) in [5, 5.41) is 0. The van der Waals surface area contributed by atoms with Gasteiger partial charge in [0, 0.05) is 18.7 Å². The van der Waals surface area contributed by atoms with Crippen molar-refractivity contribution in [3.05, 3.63) is 29.6 Å². The van der Waals surface area contributed by atoms with Gasteiger partial charge in [-0.2, -0.15) is 0 Å². The second kappa shape index (κ2) is 6.20. The number of nitrogens with two attached hydrogens (primary N) is 1. The number of hydrogen-bond acceptors (Lipinski definition) is 3. The van der Waals surface area contributed by atoms with E-state index in [0.717, 1.165) is 0 Å². The van der Waals surface area contributed by atoms with Crippen LogP contribution in [0.2, 0.25) is 0 Å². The van der Waals surface area contributed by atoms with E-state index in [1.807, 2.05) is 27.7 Å². The SMILES string of the molecule is CC(CNS(=O)(=O)c1cccc(F)c1CN)C(C)(C)C. The maximum absolute atomic E-state index is 13.6. The topological polar surface area (TPSA) is 72.2 Å². The Morgan fingerprint density at radius 3 is 2.45 bits per heavy atom. The van der Waals surface area contributed by atoms with E-state index in [1.54, 1.807) is 0 Å². The van der Waals surface area contributed by atoms with Crippen LogP contribution >= 0.6 is 0 Å². The molecule has 0 bridgehead atoms. The predicted octanol–water partition coefficient (Wildman–Crippen LogP) is 2.24. The van der Waals surface area contributed by atoms with E-state index < -0.39 is 15.8 Å². The third-order valence-corrected chi connectivity index (χ3v) is 5.14. The zero-order valence-corrected chi connectivity index (χ0v) is 13.2. The lowest BCUT2D eigenvalue weighted by atomic mass is 9.82. The normalized spacial score (nSPS) is 14.3. The Kier molecular flexibility index (Phi) is 5.29. The van der Waals surface area contributed by atoms with Gasteiger partial charge in [0.15, 0.2) is 0 Å². The number of sulfonamides is 1. The van der Waals surface area contributed by atoms with Gasteiger partial charge >= 0.3 is 0 Å². The van der Waals surface area contributed by atoms with Crippen LogP contribution < -0.4 is 10.5 Å². The summed E-state index contributed by atoms with van der Waals surface area (Å²) in [4.78, 5) is -0.0823. The maximum atomic E-state index is 13.6. The monoisotopic (exact) mass is 302 g/mol. The van der Waals surface area contributed by atoms with Crippen molar-refractivity contribution < 1.29 is 12.8 Å². The average Bonchev–Trinajstić information content (AvgIpc) is 2.34. The summed E-state index contributed by atoms with van der Waals surface area (Å²) in [5.74, 6) is -0.452. The van der Waals surface area contributed by atoms with Crippen molar-refractivity contribution >= 4 is 10.0 Å². The first-order chi connectivity index (χ1) is 9.09. The Labute approximate surface area is 120 Å². The Balaban J connectivity index is 2.99. The second-order valence-corrected chi connectivity index (χ2v) is 7.77. The molecule has 4 nitrogen and oxygen atoms in total. The minimum Gasteiger partial charge on any atom is -0.326 e. The minimum atomic E-state index is -3.75. The Morgan fingerprint density at radius 1 is 1.35 bits per heavy atom. The molecule has 20 heavy (non-hydrogen) atoms. The van der Waals surface area contributed by atoms with Crippen LogP contribution in [-0.2, 0) is 16.6 Å². The smallest absolute Gasteiger partial charge is 0.241 e. The van der Waals surface area contributed by atoms with Gasteiger partial charge in [-0.05, 0) is 23.5 Å². The predicted molar refractivity (Wildman–Crippen MR) is 78.1 cm³/mol. The van der Waals surface area contributed by atoms with Crippen LogP contribution in [0.3, 0.4) is 0 Å². The molecule has 0 amide bonds. The van der Waals surface area contributed by atoms with Crippen molar-refractivity contribution in [3.8, 4) is 0 Å². The van der Waals surface area contributed by atoms with Gasteiger partial charge in [0.25, 0.3) is 0 Å². The Hall–Kier alpha value is -0.980. The molecule has 114 valence electrons. The van der Waals surface area contributed by atoms with Gasteiger partial charge in [-0.1, -0.05) is 33.8 Å². The van der Waals surface area contributed by atoms with Crippen molar-refractivity contribution in [2.24, 2.45) is 17.1 Å². The van der Waals surface area contributed by atoms with Crippen LogP contribution in [-0.4, -0.2) is 15.0 Å². The van der Waals surface area contributed by atoms with Crippen molar-refractivity contribution in [2.45, 2.75) is 39.1 Å². The lowest BCUT2D eigenvalue weighted by Crippen LogP contribution is -2.34. The highest BCUT2D eigenvalue weighted by Gasteiger charge is 2.24. The standard InChI is InChI=1S/C14H23FN2O2S/c1-10(14(2,3)4)9-17-20(18,19)13-7-5-6-12(15)11(13)8-16/h5-7,10,17H,8-9,16H2,1-4H3. The van der Waals surface area contributed by atoms with E-state index in [0.29, 0.717) is 6.54 Å². The highest BCUT2D eigenvalue weighted by molar-refractivity contribution is 7.89. The Bertz CT molecular complexity index is 565. The zero-order valence-electron chi connectivity index (χ0n) is 12.4. The molecule has 6 heteroatoms. The number of nitrogens with one attached hydrogen (secondary N) is 1. The van der Waals surface area contributed by atoms with Crippen molar-refractivity contribution in [2.75, 3.05) is 6.54 Å². The first-order valence-corrected chi connectivity index (χ1v) is 8.05. The number of halogens is 1. The molecule has 0 saturated heterocycles. The molecule has 1 aromatic rings.